The molecule has 8 nitrogen and oxygen atoms in total. The number of nitrogens with one attached hydrogen (secondary N) is 1. The molecule has 0 fully saturated rings. The number of nitrogens with two attached hydrogens (primary N) is 1. The van der Waals surface area contributed by atoms with E-state index in [4.69, 9.17) is 5.73 Å². The number of nitrogen functional groups attached to an aromatic ring is 1. The SMILES string of the molecule is Cc1nc2n(n1)CCC[C@H]2NS(=O)(=O)c1cc(Br)cnc1N. The van der Waals surface area contributed by atoms with Crippen molar-refractivity contribution in [1.82, 2.24) is 24.5 Å². The number of sulfonamides is 1. The Hall–Kier alpha value is -1.52. The lowest BCUT2D eigenvalue weighted by atomic mass is 10.1. The molecule has 0 unspecified atom stereocenters. The maximum absolute atomic E-state index is 12.6. The molecule has 1 aliphatic heterocycles. The molecule has 10 heteroatoms. The van der Waals surface area contributed by atoms with Gasteiger partial charge in [-0.3, -0.25) is 0 Å². The van der Waals surface area contributed by atoms with Crippen molar-refractivity contribution < 1.29 is 8.42 Å². The van der Waals surface area contributed by atoms with Gasteiger partial charge >= 0.3 is 0 Å². The van der Waals surface area contributed by atoms with E-state index < -0.39 is 16.1 Å². The highest BCUT2D eigenvalue weighted by atomic mass is 79.9. The Morgan fingerprint density at radius 1 is 1.50 bits per heavy atom. The first-order valence-corrected chi connectivity index (χ1v) is 8.99. The van der Waals surface area contributed by atoms with Crippen molar-refractivity contribution >= 4 is 31.8 Å². The van der Waals surface area contributed by atoms with Gasteiger partial charge in [0.2, 0.25) is 10.0 Å². The molecule has 0 spiro atoms. The quantitative estimate of drug-likeness (QED) is 0.816. The second-order valence-electron chi connectivity index (χ2n) is 5.09. The largest absolute Gasteiger partial charge is 0.383 e. The third kappa shape index (κ3) is 2.85. The predicted octanol–water partition coefficient (Wildman–Crippen LogP) is 1.14. The number of rotatable bonds is 3. The van der Waals surface area contributed by atoms with Gasteiger partial charge < -0.3 is 5.73 Å². The second-order valence-corrected chi connectivity index (χ2v) is 7.69. The normalized spacial score (nSPS) is 18.2. The lowest BCUT2D eigenvalue weighted by molar-refractivity contribution is 0.399. The Bertz CT molecular complexity index is 819. The Balaban J connectivity index is 1.94. The van der Waals surface area contributed by atoms with E-state index in [1.165, 1.54) is 12.3 Å². The summed E-state index contributed by atoms with van der Waals surface area (Å²) in [7, 11) is -3.80. The fraction of sp³-hybridized carbons (Fsp3) is 0.417. The van der Waals surface area contributed by atoms with Gasteiger partial charge in [-0.25, -0.2) is 27.8 Å². The molecule has 0 radical (unpaired) electrons. The van der Waals surface area contributed by atoms with Gasteiger partial charge in [-0.1, -0.05) is 0 Å². The summed E-state index contributed by atoms with van der Waals surface area (Å²) in [6.45, 7) is 2.53. The number of aryl methyl sites for hydroxylation is 2. The molecule has 2 aromatic heterocycles. The van der Waals surface area contributed by atoms with Gasteiger partial charge in [0.05, 0.1) is 6.04 Å². The summed E-state index contributed by atoms with van der Waals surface area (Å²) in [5, 5.41) is 4.26. The number of aromatic nitrogens is 4. The standard InChI is InChI=1S/C12H15BrN6O2S/c1-7-16-12-9(3-2-4-19(12)17-7)18-22(20,21)10-5-8(13)6-15-11(10)14/h5-6,9,18H,2-4H2,1H3,(H2,14,15)/t9-/m1/s1. The van der Waals surface area contributed by atoms with E-state index in [-0.39, 0.29) is 10.7 Å². The number of hydrogen-bond acceptors (Lipinski definition) is 6. The molecule has 2 aromatic rings. The van der Waals surface area contributed by atoms with Gasteiger partial charge in [0.15, 0.2) is 0 Å². The van der Waals surface area contributed by atoms with Crippen LogP contribution in [0, 0.1) is 6.92 Å². The minimum Gasteiger partial charge on any atom is -0.383 e. The fourth-order valence-corrected chi connectivity index (χ4v) is 4.30. The van der Waals surface area contributed by atoms with Crippen LogP contribution in [0.25, 0.3) is 0 Å². The Kier molecular flexibility index (Phi) is 3.91. The summed E-state index contributed by atoms with van der Waals surface area (Å²) >= 11 is 3.21. The van der Waals surface area contributed by atoms with Crippen molar-refractivity contribution in [2.75, 3.05) is 5.73 Å². The van der Waals surface area contributed by atoms with Crippen LogP contribution in [0.5, 0.6) is 0 Å². The van der Waals surface area contributed by atoms with E-state index in [0.29, 0.717) is 22.5 Å². The van der Waals surface area contributed by atoms with Crippen molar-refractivity contribution in [2.45, 2.75) is 37.2 Å². The van der Waals surface area contributed by atoms with Crippen molar-refractivity contribution in [1.29, 1.82) is 0 Å². The summed E-state index contributed by atoms with van der Waals surface area (Å²) < 4.78 is 30.1. The molecule has 0 aromatic carbocycles. The molecule has 0 saturated carbocycles. The van der Waals surface area contributed by atoms with E-state index in [0.717, 1.165) is 13.0 Å². The van der Waals surface area contributed by atoms with Crippen LogP contribution in [0.15, 0.2) is 21.6 Å². The molecule has 0 saturated heterocycles. The number of hydrogen-bond donors (Lipinski definition) is 2. The molecule has 3 rings (SSSR count). The number of nitrogens with zero attached hydrogens (tertiary/aromatic N) is 4. The molecule has 118 valence electrons. The summed E-state index contributed by atoms with van der Waals surface area (Å²) in [5.74, 6) is 1.22. The number of fused-ring (bicyclic) bond motifs is 1. The maximum atomic E-state index is 12.6. The zero-order valence-corrected chi connectivity index (χ0v) is 14.2. The van der Waals surface area contributed by atoms with Gasteiger partial charge in [0.25, 0.3) is 0 Å². The molecular formula is C12H15BrN6O2S. The molecule has 1 aliphatic rings. The Morgan fingerprint density at radius 2 is 2.27 bits per heavy atom. The molecule has 3 heterocycles. The first-order chi connectivity index (χ1) is 10.4. The first-order valence-electron chi connectivity index (χ1n) is 6.71. The monoisotopic (exact) mass is 386 g/mol. The smallest absolute Gasteiger partial charge is 0.244 e. The van der Waals surface area contributed by atoms with Crippen molar-refractivity contribution in [2.24, 2.45) is 0 Å². The second kappa shape index (κ2) is 5.60. The van der Waals surface area contributed by atoms with Crippen molar-refractivity contribution in [3.05, 3.63) is 28.4 Å². The zero-order valence-electron chi connectivity index (χ0n) is 11.8. The minimum absolute atomic E-state index is 0.0378. The third-order valence-corrected chi connectivity index (χ3v) is 5.35. The first kappa shape index (κ1) is 15.4. The van der Waals surface area contributed by atoms with E-state index >= 15 is 0 Å². The highest BCUT2D eigenvalue weighted by molar-refractivity contribution is 9.10. The van der Waals surface area contributed by atoms with Crippen LogP contribution in [0.4, 0.5) is 5.82 Å². The molecule has 22 heavy (non-hydrogen) atoms. The van der Waals surface area contributed by atoms with Gasteiger partial charge in [-0.15, -0.1) is 0 Å². The van der Waals surface area contributed by atoms with Crippen LogP contribution >= 0.6 is 15.9 Å². The topological polar surface area (TPSA) is 116 Å². The molecular weight excluding hydrogens is 372 g/mol. The van der Waals surface area contributed by atoms with Crippen LogP contribution in [0.1, 0.15) is 30.5 Å². The van der Waals surface area contributed by atoms with E-state index in [1.807, 2.05) is 0 Å². The highest BCUT2D eigenvalue weighted by Crippen LogP contribution is 2.27. The van der Waals surface area contributed by atoms with Gasteiger partial charge in [0.1, 0.15) is 22.4 Å². The van der Waals surface area contributed by atoms with Crippen LogP contribution in [0.3, 0.4) is 0 Å². The fourth-order valence-electron chi connectivity index (χ4n) is 2.48. The Morgan fingerprint density at radius 3 is 3.05 bits per heavy atom. The number of halogens is 1. The lowest BCUT2D eigenvalue weighted by Crippen LogP contribution is -2.33. The number of anilines is 1. The molecule has 0 aliphatic carbocycles. The maximum Gasteiger partial charge on any atom is 0.244 e. The van der Waals surface area contributed by atoms with Crippen LogP contribution in [-0.4, -0.2) is 28.2 Å². The van der Waals surface area contributed by atoms with Gasteiger partial charge in [0, 0.05) is 17.2 Å². The molecule has 0 amide bonds. The predicted molar refractivity (Wildman–Crippen MR) is 83.4 cm³/mol. The van der Waals surface area contributed by atoms with Gasteiger partial charge in [-0.2, -0.15) is 5.10 Å². The Labute approximate surface area is 136 Å². The van der Waals surface area contributed by atoms with Crippen LogP contribution < -0.4 is 10.5 Å². The molecule has 0 bridgehead atoms. The van der Waals surface area contributed by atoms with E-state index in [1.54, 1.807) is 11.6 Å². The number of pyridine rings is 1. The summed E-state index contributed by atoms with van der Waals surface area (Å²) in [6, 6.07) is 1.02. The summed E-state index contributed by atoms with van der Waals surface area (Å²) in [5.41, 5.74) is 5.70. The average Bonchev–Trinajstić information content (AvgIpc) is 2.82. The minimum atomic E-state index is -3.80. The highest BCUT2D eigenvalue weighted by Gasteiger charge is 2.29. The van der Waals surface area contributed by atoms with E-state index in [2.05, 4.69) is 35.7 Å². The van der Waals surface area contributed by atoms with Gasteiger partial charge in [-0.05, 0) is 41.8 Å². The lowest BCUT2D eigenvalue weighted by Gasteiger charge is -2.23. The summed E-state index contributed by atoms with van der Waals surface area (Å²) in [6.07, 6.45) is 2.95. The average molecular weight is 387 g/mol. The van der Waals surface area contributed by atoms with Crippen molar-refractivity contribution in [3.8, 4) is 0 Å². The molecule has 3 N–H and O–H groups in total. The van der Waals surface area contributed by atoms with Crippen LogP contribution in [0.2, 0.25) is 0 Å². The molecule has 1 atom stereocenters. The third-order valence-electron chi connectivity index (χ3n) is 3.42. The van der Waals surface area contributed by atoms with Crippen LogP contribution in [-0.2, 0) is 16.6 Å². The summed E-state index contributed by atoms with van der Waals surface area (Å²) in [4.78, 5) is 8.14. The van der Waals surface area contributed by atoms with E-state index in [9.17, 15) is 8.42 Å². The van der Waals surface area contributed by atoms with Crippen molar-refractivity contribution in [3.63, 3.8) is 0 Å². The zero-order chi connectivity index (χ0) is 15.9.